The van der Waals surface area contributed by atoms with E-state index in [1.165, 1.54) is 0 Å². The first-order valence-electron chi connectivity index (χ1n) is 5.45. The molecule has 0 aliphatic carbocycles. The van der Waals surface area contributed by atoms with Gasteiger partial charge in [0.25, 0.3) is 0 Å². The quantitative estimate of drug-likeness (QED) is 0.713. The van der Waals surface area contributed by atoms with Crippen LogP contribution in [-0.2, 0) is 11.0 Å². The number of carboxylic acid groups (broad SMARTS) is 1. The SMILES string of the molecule is CCC(N)C(O)c1noc(C(F)(F)F)n1.O=C(O)C(F)(F)F. The van der Waals surface area contributed by atoms with Gasteiger partial charge in [-0.1, -0.05) is 12.1 Å². The largest absolute Gasteiger partial charge is 0.490 e. The molecule has 0 aromatic carbocycles. The molecule has 22 heavy (non-hydrogen) atoms. The number of aliphatic hydroxyl groups excluding tert-OH is 1. The molecule has 128 valence electrons. The van der Waals surface area contributed by atoms with Crippen molar-refractivity contribution in [1.29, 1.82) is 0 Å². The lowest BCUT2D eigenvalue weighted by atomic mass is 10.1. The van der Waals surface area contributed by atoms with Gasteiger partial charge in [-0.05, 0) is 6.42 Å². The number of hydrogen-bond donors (Lipinski definition) is 3. The summed E-state index contributed by atoms with van der Waals surface area (Å²) >= 11 is 0. The third kappa shape index (κ3) is 6.26. The highest BCUT2D eigenvalue weighted by atomic mass is 19.4. The lowest BCUT2D eigenvalue weighted by Crippen LogP contribution is -2.28. The summed E-state index contributed by atoms with van der Waals surface area (Å²) in [4.78, 5) is 11.9. The zero-order chi connectivity index (χ0) is 17.7. The number of halogens is 6. The lowest BCUT2D eigenvalue weighted by Gasteiger charge is -2.12. The van der Waals surface area contributed by atoms with Crippen molar-refractivity contribution in [2.24, 2.45) is 5.73 Å². The Hall–Kier alpha value is -1.89. The zero-order valence-electron chi connectivity index (χ0n) is 10.8. The Bertz CT molecular complexity index is 486. The van der Waals surface area contributed by atoms with Crippen LogP contribution < -0.4 is 5.73 Å². The predicted molar refractivity (Wildman–Crippen MR) is 56.2 cm³/mol. The highest BCUT2D eigenvalue weighted by molar-refractivity contribution is 5.73. The average molecular weight is 339 g/mol. The maximum Gasteiger partial charge on any atom is 0.490 e. The fourth-order valence-corrected chi connectivity index (χ4v) is 0.885. The molecule has 0 saturated carbocycles. The highest BCUT2D eigenvalue weighted by Crippen LogP contribution is 2.28. The van der Waals surface area contributed by atoms with Gasteiger partial charge < -0.3 is 20.5 Å². The summed E-state index contributed by atoms with van der Waals surface area (Å²) < 4.78 is 71.8. The van der Waals surface area contributed by atoms with Gasteiger partial charge in [0.2, 0.25) is 5.82 Å². The number of alkyl halides is 6. The molecule has 0 aliphatic heterocycles. The van der Waals surface area contributed by atoms with Gasteiger partial charge in [0.1, 0.15) is 6.10 Å². The molecule has 0 bridgehead atoms. The summed E-state index contributed by atoms with van der Waals surface area (Å²) in [5.74, 6) is -4.69. The Morgan fingerprint density at radius 3 is 2.05 bits per heavy atom. The van der Waals surface area contributed by atoms with E-state index in [9.17, 15) is 31.4 Å². The smallest absolute Gasteiger partial charge is 0.475 e. The van der Waals surface area contributed by atoms with Gasteiger partial charge in [0.05, 0.1) is 0 Å². The maximum absolute atomic E-state index is 12.0. The van der Waals surface area contributed by atoms with E-state index in [0.717, 1.165) is 0 Å². The summed E-state index contributed by atoms with van der Waals surface area (Å²) in [6.45, 7) is 1.68. The van der Waals surface area contributed by atoms with Crippen LogP contribution in [0.3, 0.4) is 0 Å². The van der Waals surface area contributed by atoms with Gasteiger partial charge in [-0.15, -0.1) is 0 Å². The molecule has 1 aromatic heterocycles. The molecule has 0 fully saturated rings. The molecule has 0 amide bonds. The molecule has 1 heterocycles. The van der Waals surface area contributed by atoms with E-state index in [1.54, 1.807) is 6.92 Å². The Labute approximate surface area is 118 Å². The number of nitrogens with zero attached hydrogens (tertiary/aromatic N) is 2. The first kappa shape index (κ1) is 20.1. The molecule has 0 spiro atoms. The molecule has 1 rings (SSSR count). The van der Waals surface area contributed by atoms with Crippen LogP contribution in [0.2, 0.25) is 0 Å². The van der Waals surface area contributed by atoms with Crippen molar-refractivity contribution < 1.29 is 45.9 Å². The van der Waals surface area contributed by atoms with Gasteiger partial charge in [-0.25, -0.2) is 4.79 Å². The topological polar surface area (TPSA) is 122 Å². The van der Waals surface area contributed by atoms with E-state index in [2.05, 4.69) is 14.7 Å². The van der Waals surface area contributed by atoms with Crippen molar-refractivity contribution in [3.63, 3.8) is 0 Å². The van der Waals surface area contributed by atoms with Crippen molar-refractivity contribution in [2.45, 2.75) is 37.8 Å². The number of rotatable bonds is 3. The fraction of sp³-hybridized carbons (Fsp3) is 0.667. The molecule has 7 nitrogen and oxygen atoms in total. The van der Waals surface area contributed by atoms with Crippen LogP contribution in [0.15, 0.2) is 4.52 Å². The second-order valence-electron chi connectivity index (χ2n) is 3.78. The first-order chi connectivity index (χ1) is 9.80. The van der Waals surface area contributed by atoms with Crippen LogP contribution in [0.1, 0.15) is 31.2 Å². The maximum atomic E-state index is 12.0. The molecule has 1 aromatic rings. The molecule has 0 saturated heterocycles. The van der Waals surface area contributed by atoms with Gasteiger partial charge in [0.15, 0.2) is 0 Å². The molecule has 2 atom stereocenters. The minimum atomic E-state index is -5.08. The Kier molecular flexibility index (Phi) is 6.76. The number of carbonyl (C=O) groups is 1. The van der Waals surface area contributed by atoms with Crippen molar-refractivity contribution >= 4 is 5.97 Å². The number of carboxylic acids is 1. The second kappa shape index (κ2) is 7.40. The monoisotopic (exact) mass is 339 g/mol. The molecular weight excluding hydrogens is 328 g/mol. The van der Waals surface area contributed by atoms with Crippen LogP contribution in [0.4, 0.5) is 26.3 Å². The Morgan fingerprint density at radius 1 is 1.32 bits per heavy atom. The van der Waals surface area contributed by atoms with E-state index >= 15 is 0 Å². The predicted octanol–water partition coefficient (Wildman–Crippen LogP) is 1.49. The van der Waals surface area contributed by atoms with E-state index in [-0.39, 0.29) is 0 Å². The summed E-state index contributed by atoms with van der Waals surface area (Å²) in [5, 5.41) is 19.5. The normalized spacial score (nSPS) is 14.8. The van der Waals surface area contributed by atoms with Crippen molar-refractivity contribution in [3.05, 3.63) is 11.7 Å². The van der Waals surface area contributed by atoms with E-state index in [4.69, 9.17) is 15.6 Å². The zero-order valence-corrected chi connectivity index (χ0v) is 10.8. The van der Waals surface area contributed by atoms with Crippen LogP contribution >= 0.6 is 0 Å². The number of hydrogen-bond acceptors (Lipinski definition) is 6. The van der Waals surface area contributed by atoms with Crippen molar-refractivity contribution in [3.8, 4) is 0 Å². The van der Waals surface area contributed by atoms with Crippen LogP contribution in [-0.4, -0.2) is 38.5 Å². The minimum absolute atomic E-state index is 0.386. The molecule has 0 radical (unpaired) electrons. The average Bonchev–Trinajstić information content (AvgIpc) is 2.85. The molecule has 13 heteroatoms. The van der Waals surface area contributed by atoms with Crippen molar-refractivity contribution in [2.75, 3.05) is 0 Å². The lowest BCUT2D eigenvalue weighted by molar-refractivity contribution is -0.192. The van der Waals surface area contributed by atoms with Crippen molar-refractivity contribution in [1.82, 2.24) is 10.1 Å². The molecular formula is C9H11F6N3O4. The summed E-state index contributed by atoms with van der Waals surface area (Å²) in [5.41, 5.74) is 5.41. The number of aromatic nitrogens is 2. The van der Waals surface area contributed by atoms with E-state index in [0.29, 0.717) is 6.42 Å². The van der Waals surface area contributed by atoms with Gasteiger partial charge in [0, 0.05) is 6.04 Å². The standard InChI is InChI=1S/C7H10F3N3O2.C2HF3O2/c1-2-3(11)4(14)5-12-6(15-13-5)7(8,9)10;3-2(4,5)1(6)7/h3-4,14H,2,11H2,1H3;(H,6,7). The highest BCUT2D eigenvalue weighted by Gasteiger charge is 2.39. The third-order valence-corrected chi connectivity index (χ3v) is 2.07. The van der Waals surface area contributed by atoms with Crippen LogP contribution in [0, 0.1) is 0 Å². The third-order valence-electron chi connectivity index (χ3n) is 2.07. The van der Waals surface area contributed by atoms with Gasteiger partial charge in [-0.3, -0.25) is 0 Å². The van der Waals surface area contributed by atoms with Crippen LogP contribution in [0.25, 0.3) is 0 Å². The molecule has 2 unspecified atom stereocenters. The Balaban J connectivity index is 0.000000534. The van der Waals surface area contributed by atoms with E-state index in [1.807, 2.05) is 0 Å². The molecule has 4 N–H and O–H groups in total. The number of aliphatic hydroxyl groups is 1. The summed E-state index contributed by atoms with van der Waals surface area (Å²) in [7, 11) is 0. The minimum Gasteiger partial charge on any atom is -0.475 e. The molecule has 0 aliphatic rings. The Morgan fingerprint density at radius 2 is 1.77 bits per heavy atom. The van der Waals surface area contributed by atoms with Crippen LogP contribution in [0.5, 0.6) is 0 Å². The number of aliphatic carboxylic acids is 1. The first-order valence-corrected chi connectivity index (χ1v) is 5.45. The van der Waals surface area contributed by atoms with E-state index < -0.39 is 42.2 Å². The second-order valence-corrected chi connectivity index (χ2v) is 3.78. The summed E-state index contributed by atoms with van der Waals surface area (Å²) in [6, 6.07) is -0.719. The number of nitrogens with two attached hydrogens (primary N) is 1. The fourth-order valence-electron chi connectivity index (χ4n) is 0.885. The van der Waals surface area contributed by atoms with Gasteiger partial charge >= 0.3 is 24.2 Å². The summed E-state index contributed by atoms with van der Waals surface area (Å²) in [6.07, 6.45) is -10.8. The van der Waals surface area contributed by atoms with Gasteiger partial charge in [-0.2, -0.15) is 31.3 Å².